The molecule has 0 amide bonds. The molecule has 2 saturated heterocycles. The quantitative estimate of drug-likeness (QED) is 0.804. The Balaban J connectivity index is 1.97. The van der Waals surface area contributed by atoms with E-state index in [2.05, 4.69) is 12.1 Å². The second kappa shape index (κ2) is 7.19. The first-order valence-corrected chi connectivity index (χ1v) is 11.6. The summed E-state index contributed by atoms with van der Waals surface area (Å²) in [6, 6.07) is 4.50. The van der Waals surface area contributed by atoms with Gasteiger partial charge in [0, 0.05) is 16.4 Å². The summed E-state index contributed by atoms with van der Waals surface area (Å²) >= 11 is 5.00. The van der Waals surface area contributed by atoms with Crippen molar-refractivity contribution in [2.75, 3.05) is 11.5 Å². The molecule has 4 rings (SSSR count). The van der Waals surface area contributed by atoms with Gasteiger partial charge in [-0.1, -0.05) is 0 Å². The van der Waals surface area contributed by atoms with Crippen LogP contribution in [0.4, 0.5) is 0 Å². The molecule has 0 bridgehead atoms. The molecule has 3 aliphatic heterocycles. The number of fused-ring (bicyclic) bond motifs is 1. The molecule has 26 heavy (non-hydrogen) atoms. The first-order chi connectivity index (χ1) is 12.7. The van der Waals surface area contributed by atoms with Crippen molar-refractivity contribution >= 4 is 52.3 Å². The number of nitrogens with zero attached hydrogens (tertiary/aromatic N) is 3. The third kappa shape index (κ3) is 2.81. The molecular formula is C18H18N4OS3. The molecule has 3 unspecified atom stereocenters. The van der Waals surface area contributed by atoms with E-state index >= 15 is 0 Å². The van der Waals surface area contributed by atoms with E-state index in [1.54, 1.807) is 11.8 Å². The van der Waals surface area contributed by atoms with Gasteiger partial charge in [0.05, 0.1) is 27.8 Å². The van der Waals surface area contributed by atoms with Crippen LogP contribution < -0.4 is 20.5 Å². The number of thiazole rings is 1. The lowest BCUT2D eigenvalue weighted by Gasteiger charge is -2.26. The Morgan fingerprint density at radius 1 is 1.12 bits per heavy atom. The second-order valence-electron chi connectivity index (χ2n) is 6.60. The standard InChI is InChI=1S/C18H18N4OS3/c19-8-11-15(13-4-2-6-25-13)12(9-20)18-22(16(11)21)17(23)14(26-18)7-10-3-1-5-24-10/h7,10,13,15H,1-6,21H2/b14-7-. The molecule has 0 saturated carbocycles. The maximum absolute atomic E-state index is 12.9. The van der Waals surface area contributed by atoms with Crippen LogP contribution in [0, 0.1) is 28.6 Å². The highest BCUT2D eigenvalue weighted by atomic mass is 32.2. The van der Waals surface area contributed by atoms with E-state index in [1.807, 2.05) is 17.8 Å². The van der Waals surface area contributed by atoms with Crippen molar-refractivity contribution in [3.05, 3.63) is 25.1 Å². The van der Waals surface area contributed by atoms with Gasteiger partial charge in [0.15, 0.2) is 0 Å². The normalized spacial score (nSPS) is 28.9. The molecule has 0 aliphatic carbocycles. The van der Waals surface area contributed by atoms with Gasteiger partial charge in [-0.2, -0.15) is 34.0 Å². The highest BCUT2D eigenvalue weighted by molar-refractivity contribution is 8.00. The van der Waals surface area contributed by atoms with Gasteiger partial charge >= 0.3 is 0 Å². The molecule has 0 radical (unpaired) electrons. The third-order valence-corrected chi connectivity index (χ3v) is 8.98. The smallest absolute Gasteiger partial charge is 0.274 e. The van der Waals surface area contributed by atoms with Crippen LogP contribution in [0.2, 0.25) is 0 Å². The zero-order valence-electron chi connectivity index (χ0n) is 14.1. The van der Waals surface area contributed by atoms with Crippen molar-refractivity contribution < 1.29 is 0 Å². The van der Waals surface area contributed by atoms with E-state index in [-0.39, 0.29) is 22.5 Å². The Bertz CT molecular complexity index is 1020. The molecule has 2 fully saturated rings. The molecule has 134 valence electrons. The SMILES string of the molecule is N#CC1=C(N)n2c(s/c(=C\C3CCCS3)c2=O)=C(C#N)C1C1CCCS1. The van der Waals surface area contributed by atoms with E-state index in [0.717, 1.165) is 37.2 Å². The molecular weight excluding hydrogens is 384 g/mol. The summed E-state index contributed by atoms with van der Waals surface area (Å²) in [6.07, 6.45) is 6.30. The molecule has 8 heteroatoms. The van der Waals surface area contributed by atoms with E-state index in [4.69, 9.17) is 5.73 Å². The fourth-order valence-electron chi connectivity index (χ4n) is 3.84. The number of thioether (sulfide) groups is 2. The lowest BCUT2D eigenvalue weighted by molar-refractivity contribution is 0.676. The van der Waals surface area contributed by atoms with Crippen LogP contribution in [0.25, 0.3) is 17.5 Å². The Labute approximate surface area is 163 Å². The molecule has 4 heterocycles. The first kappa shape index (κ1) is 17.8. The van der Waals surface area contributed by atoms with E-state index < -0.39 is 0 Å². The Hall–Kier alpha value is -1.61. The van der Waals surface area contributed by atoms with Crippen molar-refractivity contribution in [1.82, 2.24) is 4.57 Å². The molecule has 0 aromatic carbocycles. The number of nitrogens with two attached hydrogens (primary N) is 1. The van der Waals surface area contributed by atoms with E-state index in [9.17, 15) is 15.3 Å². The lowest BCUT2D eigenvalue weighted by Crippen LogP contribution is -2.40. The summed E-state index contributed by atoms with van der Waals surface area (Å²) in [4.78, 5) is 12.9. The van der Waals surface area contributed by atoms with Gasteiger partial charge in [0.1, 0.15) is 10.5 Å². The first-order valence-electron chi connectivity index (χ1n) is 8.67. The van der Waals surface area contributed by atoms with Gasteiger partial charge in [-0.25, -0.2) is 0 Å². The number of nitriles is 2. The third-order valence-electron chi connectivity index (χ3n) is 5.07. The van der Waals surface area contributed by atoms with Gasteiger partial charge in [0.25, 0.3) is 5.56 Å². The predicted octanol–water partition coefficient (Wildman–Crippen LogP) is 1.44. The van der Waals surface area contributed by atoms with Crippen LogP contribution in [0.1, 0.15) is 25.7 Å². The zero-order valence-corrected chi connectivity index (χ0v) is 16.6. The fourth-order valence-corrected chi connectivity index (χ4v) is 7.73. The number of hydrogen-bond acceptors (Lipinski definition) is 7. The molecule has 3 aliphatic rings. The minimum atomic E-state index is -0.302. The summed E-state index contributed by atoms with van der Waals surface area (Å²) < 4.78 is 2.64. The van der Waals surface area contributed by atoms with Gasteiger partial charge in [0.2, 0.25) is 0 Å². The molecule has 2 N–H and O–H groups in total. The van der Waals surface area contributed by atoms with Crippen molar-refractivity contribution in [3.63, 3.8) is 0 Å². The summed E-state index contributed by atoms with van der Waals surface area (Å²) in [5.74, 6) is 2.06. The predicted molar refractivity (Wildman–Crippen MR) is 109 cm³/mol. The number of rotatable bonds is 2. The fraction of sp³-hybridized carbons (Fsp3) is 0.500. The highest BCUT2D eigenvalue weighted by Crippen LogP contribution is 2.41. The van der Waals surface area contributed by atoms with Crippen LogP contribution >= 0.6 is 34.9 Å². The maximum atomic E-state index is 12.9. The van der Waals surface area contributed by atoms with Crippen molar-refractivity contribution in [3.8, 4) is 12.1 Å². The summed E-state index contributed by atoms with van der Waals surface area (Å²) in [7, 11) is 0. The Morgan fingerprint density at radius 2 is 1.85 bits per heavy atom. The Morgan fingerprint density at radius 3 is 2.46 bits per heavy atom. The summed E-state index contributed by atoms with van der Waals surface area (Å²) in [5, 5.41) is 20.1. The minimum Gasteiger partial charge on any atom is -0.384 e. The molecule has 0 spiro atoms. The number of aromatic nitrogens is 1. The average molecular weight is 403 g/mol. The van der Waals surface area contributed by atoms with Gasteiger partial charge in [-0.15, -0.1) is 11.3 Å². The number of hydrogen-bond donors (Lipinski definition) is 1. The van der Waals surface area contributed by atoms with Crippen molar-refractivity contribution in [2.24, 2.45) is 11.7 Å². The largest absolute Gasteiger partial charge is 0.384 e. The van der Waals surface area contributed by atoms with E-state index in [0.29, 0.717) is 25.6 Å². The van der Waals surface area contributed by atoms with Crippen LogP contribution in [0.15, 0.2) is 10.4 Å². The van der Waals surface area contributed by atoms with Crippen LogP contribution in [0.5, 0.6) is 0 Å². The second-order valence-corrected chi connectivity index (χ2v) is 10.3. The van der Waals surface area contributed by atoms with Crippen molar-refractivity contribution in [2.45, 2.75) is 36.2 Å². The molecule has 1 aromatic rings. The number of allylic oxidation sites excluding steroid dienone is 1. The average Bonchev–Trinajstić information content (AvgIpc) is 3.38. The molecule has 1 aromatic heterocycles. The topological polar surface area (TPSA) is 95.6 Å². The van der Waals surface area contributed by atoms with Gasteiger partial charge in [-0.3, -0.25) is 9.36 Å². The van der Waals surface area contributed by atoms with Crippen molar-refractivity contribution in [1.29, 1.82) is 10.5 Å². The van der Waals surface area contributed by atoms with Crippen LogP contribution in [-0.4, -0.2) is 26.6 Å². The summed E-state index contributed by atoms with van der Waals surface area (Å²) in [6.45, 7) is 0. The van der Waals surface area contributed by atoms with Crippen LogP contribution in [0.3, 0.4) is 0 Å². The molecule has 3 atom stereocenters. The zero-order chi connectivity index (χ0) is 18.3. The molecule has 5 nitrogen and oxygen atoms in total. The minimum absolute atomic E-state index is 0.182. The maximum Gasteiger partial charge on any atom is 0.274 e. The highest BCUT2D eigenvalue weighted by Gasteiger charge is 2.38. The lowest BCUT2D eigenvalue weighted by atomic mass is 9.86. The Kier molecular flexibility index (Phi) is 4.92. The van der Waals surface area contributed by atoms with Crippen LogP contribution in [-0.2, 0) is 0 Å². The van der Waals surface area contributed by atoms with Gasteiger partial charge in [-0.05, 0) is 43.3 Å². The summed E-state index contributed by atoms with van der Waals surface area (Å²) in [5.41, 5.74) is 6.97. The van der Waals surface area contributed by atoms with E-state index in [1.165, 1.54) is 15.9 Å². The monoisotopic (exact) mass is 402 g/mol. The van der Waals surface area contributed by atoms with Gasteiger partial charge < -0.3 is 5.73 Å².